The van der Waals surface area contributed by atoms with Crippen LogP contribution in [0.25, 0.3) is 10.9 Å². The number of esters is 1. The fourth-order valence-electron chi connectivity index (χ4n) is 3.41. The summed E-state index contributed by atoms with van der Waals surface area (Å²) in [4.78, 5) is 21.2. The highest BCUT2D eigenvalue weighted by Crippen LogP contribution is 2.29. The molecule has 5 nitrogen and oxygen atoms in total. The molecular formula is C23H23N3O2S. The number of para-hydroxylation sites is 1. The number of hydrogen-bond acceptors (Lipinski definition) is 5. The zero-order valence-corrected chi connectivity index (χ0v) is 17.0. The normalized spacial score (nSPS) is 12.2. The Morgan fingerprint density at radius 1 is 1.17 bits per heavy atom. The number of fused-ring (bicyclic) bond motifs is 1. The van der Waals surface area contributed by atoms with Crippen LogP contribution in [0.2, 0.25) is 0 Å². The van der Waals surface area contributed by atoms with E-state index in [-0.39, 0.29) is 12.0 Å². The molecule has 0 aliphatic heterocycles. The number of benzene rings is 2. The molecule has 2 heterocycles. The van der Waals surface area contributed by atoms with Gasteiger partial charge in [0.05, 0.1) is 12.6 Å². The van der Waals surface area contributed by atoms with E-state index in [1.165, 1.54) is 11.3 Å². The van der Waals surface area contributed by atoms with Crippen molar-refractivity contribution in [3.63, 3.8) is 0 Å². The van der Waals surface area contributed by atoms with Crippen LogP contribution in [0.4, 0.5) is 0 Å². The molecule has 0 aliphatic carbocycles. The van der Waals surface area contributed by atoms with Crippen LogP contribution in [-0.2, 0) is 17.6 Å². The first-order valence-corrected chi connectivity index (χ1v) is 10.5. The first-order chi connectivity index (χ1) is 14.2. The fraction of sp³-hybridized carbons (Fsp3) is 0.217. The maximum absolute atomic E-state index is 12.5. The van der Waals surface area contributed by atoms with Gasteiger partial charge in [0.1, 0.15) is 5.01 Å². The van der Waals surface area contributed by atoms with E-state index in [0.29, 0.717) is 25.1 Å². The number of hydrogen-bond donors (Lipinski definition) is 2. The van der Waals surface area contributed by atoms with Gasteiger partial charge in [-0.3, -0.25) is 0 Å². The molecule has 4 aromatic rings. The van der Waals surface area contributed by atoms with E-state index in [9.17, 15) is 4.79 Å². The summed E-state index contributed by atoms with van der Waals surface area (Å²) >= 11 is 1.50. The van der Waals surface area contributed by atoms with E-state index in [1.54, 1.807) is 6.92 Å². The second-order valence-corrected chi connectivity index (χ2v) is 7.99. The first-order valence-electron chi connectivity index (χ1n) is 9.67. The molecule has 0 saturated heterocycles. The largest absolute Gasteiger partial charge is 0.461 e. The van der Waals surface area contributed by atoms with Gasteiger partial charge in [0.25, 0.3) is 0 Å². The molecule has 3 N–H and O–H groups in total. The van der Waals surface area contributed by atoms with Gasteiger partial charge in [0.2, 0.25) is 0 Å². The number of carbonyl (C=O) groups excluding carboxylic acids is 1. The molecule has 2 aromatic carbocycles. The van der Waals surface area contributed by atoms with Crippen molar-refractivity contribution in [2.24, 2.45) is 5.73 Å². The van der Waals surface area contributed by atoms with Crippen molar-refractivity contribution in [3.05, 3.63) is 87.5 Å². The zero-order valence-electron chi connectivity index (χ0n) is 16.2. The molecule has 0 fully saturated rings. The summed E-state index contributed by atoms with van der Waals surface area (Å²) in [5.74, 6) is -0.389. The number of ether oxygens (including phenoxy) is 1. The average Bonchev–Trinajstić information content (AvgIpc) is 3.34. The molecule has 2 aromatic heterocycles. The number of rotatable bonds is 7. The second-order valence-electron chi connectivity index (χ2n) is 6.88. The Bertz CT molecular complexity index is 1120. The van der Waals surface area contributed by atoms with Gasteiger partial charge in [0.15, 0.2) is 5.69 Å². The summed E-state index contributed by atoms with van der Waals surface area (Å²) in [6.45, 7) is 2.11. The maximum atomic E-state index is 12.5. The van der Waals surface area contributed by atoms with Crippen molar-refractivity contribution in [1.29, 1.82) is 0 Å². The fourth-order valence-corrected chi connectivity index (χ4v) is 4.50. The van der Waals surface area contributed by atoms with E-state index in [0.717, 1.165) is 31.9 Å². The number of aromatic amines is 1. The van der Waals surface area contributed by atoms with E-state index in [4.69, 9.17) is 10.5 Å². The molecule has 0 radical (unpaired) electrons. The molecule has 1 atom stereocenters. The Hall–Kier alpha value is -2.96. The highest BCUT2D eigenvalue weighted by molar-refractivity contribution is 7.12. The van der Waals surface area contributed by atoms with Crippen LogP contribution >= 0.6 is 11.3 Å². The predicted octanol–water partition coefficient (Wildman–Crippen LogP) is 4.63. The van der Waals surface area contributed by atoms with Crippen molar-refractivity contribution >= 4 is 28.2 Å². The molecule has 0 spiro atoms. The monoisotopic (exact) mass is 405 g/mol. The van der Waals surface area contributed by atoms with Crippen molar-refractivity contribution in [2.45, 2.75) is 25.8 Å². The van der Waals surface area contributed by atoms with E-state index in [2.05, 4.69) is 16.0 Å². The Kier molecular flexibility index (Phi) is 5.74. The van der Waals surface area contributed by atoms with Gasteiger partial charge in [-0.2, -0.15) is 0 Å². The van der Waals surface area contributed by atoms with E-state index < -0.39 is 0 Å². The lowest BCUT2D eigenvalue weighted by atomic mass is 10.1. The number of nitrogens with one attached hydrogen (secondary N) is 1. The van der Waals surface area contributed by atoms with Crippen molar-refractivity contribution < 1.29 is 9.53 Å². The van der Waals surface area contributed by atoms with Crippen LogP contribution in [0.15, 0.2) is 60.8 Å². The lowest BCUT2D eigenvalue weighted by molar-refractivity contribution is 0.0519. The molecule has 0 saturated carbocycles. The molecular weight excluding hydrogens is 382 g/mol. The summed E-state index contributed by atoms with van der Waals surface area (Å²) in [6, 6.07) is 17.9. The van der Waals surface area contributed by atoms with Gasteiger partial charge in [-0.25, -0.2) is 9.78 Å². The van der Waals surface area contributed by atoms with Crippen LogP contribution in [-0.4, -0.2) is 22.5 Å². The molecule has 148 valence electrons. The minimum atomic E-state index is -0.389. The van der Waals surface area contributed by atoms with Gasteiger partial charge in [-0.1, -0.05) is 48.5 Å². The predicted molar refractivity (Wildman–Crippen MR) is 116 cm³/mol. The average molecular weight is 406 g/mol. The first kappa shape index (κ1) is 19.4. The number of nitrogens with two attached hydrogens (primary N) is 1. The SMILES string of the molecule is CCOC(=O)c1nc([C@H](N)Cc2c[nH]c3ccccc23)sc1Cc1ccccc1. The number of thiazole rings is 1. The molecule has 6 heteroatoms. The second kappa shape index (κ2) is 8.59. The number of carbonyl (C=O) groups is 1. The molecule has 29 heavy (non-hydrogen) atoms. The van der Waals surface area contributed by atoms with Crippen molar-refractivity contribution in [3.8, 4) is 0 Å². The number of H-pyrrole nitrogens is 1. The highest BCUT2D eigenvalue weighted by atomic mass is 32.1. The topological polar surface area (TPSA) is 81.0 Å². The molecule has 4 rings (SSSR count). The standard InChI is InChI=1S/C23H23N3O2S/c1-2-28-23(27)21-20(12-15-8-4-3-5-9-15)29-22(26-21)18(24)13-16-14-25-19-11-7-6-10-17(16)19/h3-11,14,18,25H,2,12-13,24H2,1H3/t18-/m1/s1. The van der Waals surface area contributed by atoms with Crippen LogP contribution in [0.3, 0.4) is 0 Å². The zero-order chi connectivity index (χ0) is 20.2. The van der Waals surface area contributed by atoms with E-state index in [1.807, 2.05) is 54.7 Å². The van der Waals surface area contributed by atoms with Gasteiger partial charge in [-0.05, 0) is 30.5 Å². The Balaban J connectivity index is 1.62. The molecule has 0 aliphatic rings. The third kappa shape index (κ3) is 4.23. The van der Waals surface area contributed by atoms with Crippen LogP contribution in [0.1, 0.15) is 44.5 Å². The summed E-state index contributed by atoms with van der Waals surface area (Å²) in [7, 11) is 0. The third-order valence-corrected chi connectivity index (χ3v) is 6.01. The summed E-state index contributed by atoms with van der Waals surface area (Å²) in [5.41, 5.74) is 10.2. The lowest BCUT2D eigenvalue weighted by Crippen LogP contribution is -2.14. The minimum Gasteiger partial charge on any atom is -0.461 e. The summed E-state index contributed by atoms with van der Waals surface area (Å²) < 4.78 is 5.22. The minimum absolute atomic E-state index is 0.295. The van der Waals surface area contributed by atoms with Crippen LogP contribution in [0.5, 0.6) is 0 Å². The van der Waals surface area contributed by atoms with Gasteiger partial charge in [0, 0.05) is 28.4 Å². The van der Waals surface area contributed by atoms with Crippen molar-refractivity contribution in [1.82, 2.24) is 9.97 Å². The van der Waals surface area contributed by atoms with Gasteiger partial charge >= 0.3 is 5.97 Å². The Labute approximate surface area is 173 Å². The summed E-state index contributed by atoms with van der Waals surface area (Å²) in [6.07, 6.45) is 3.27. The van der Waals surface area contributed by atoms with Crippen LogP contribution < -0.4 is 5.73 Å². The maximum Gasteiger partial charge on any atom is 0.358 e. The number of nitrogens with zero attached hydrogens (tertiary/aromatic N) is 1. The molecule has 0 unspecified atom stereocenters. The summed E-state index contributed by atoms with van der Waals surface area (Å²) in [5, 5.41) is 1.92. The van der Waals surface area contributed by atoms with Gasteiger partial charge < -0.3 is 15.5 Å². The molecule has 0 bridgehead atoms. The third-order valence-electron chi connectivity index (χ3n) is 4.82. The smallest absolute Gasteiger partial charge is 0.358 e. The van der Waals surface area contributed by atoms with Crippen molar-refractivity contribution in [2.75, 3.05) is 6.61 Å². The van der Waals surface area contributed by atoms with Gasteiger partial charge in [-0.15, -0.1) is 11.3 Å². The van der Waals surface area contributed by atoms with Crippen LogP contribution in [0, 0.1) is 0 Å². The highest BCUT2D eigenvalue weighted by Gasteiger charge is 2.23. The Morgan fingerprint density at radius 2 is 1.93 bits per heavy atom. The van der Waals surface area contributed by atoms with E-state index >= 15 is 0 Å². The lowest BCUT2D eigenvalue weighted by Gasteiger charge is -2.07. The molecule has 0 amide bonds. The Morgan fingerprint density at radius 3 is 2.72 bits per heavy atom. The number of aromatic nitrogens is 2. The quantitative estimate of drug-likeness (QED) is 0.439.